The van der Waals surface area contributed by atoms with Gasteiger partial charge in [0, 0.05) is 25.3 Å². The zero-order chi connectivity index (χ0) is 24.1. The average molecular weight is 478 g/mol. The number of para-hydroxylation sites is 1. The number of nitrogens with zero attached hydrogens (tertiary/aromatic N) is 4. The molecular formula is C25H24FN5O2S. The smallest absolute Gasteiger partial charge is 0.246 e. The Balaban J connectivity index is 1.69. The molecule has 1 saturated heterocycles. The Morgan fingerprint density at radius 2 is 1.71 bits per heavy atom. The number of nitriles is 1. The first-order chi connectivity index (χ1) is 16.4. The van der Waals surface area contributed by atoms with Gasteiger partial charge >= 0.3 is 0 Å². The summed E-state index contributed by atoms with van der Waals surface area (Å²) in [4.78, 5) is 5.48. The molecule has 1 aliphatic rings. The van der Waals surface area contributed by atoms with Crippen LogP contribution in [0.2, 0.25) is 0 Å². The SMILES string of the molecule is Cc1ccccc1N/C(=N/C#N)N1CCN(S(=O)(=O)c2ccccc2F)C(c2ccccc2)C1. The van der Waals surface area contributed by atoms with Crippen LogP contribution >= 0.6 is 0 Å². The molecule has 0 aromatic heterocycles. The van der Waals surface area contributed by atoms with Gasteiger partial charge in [-0.3, -0.25) is 0 Å². The van der Waals surface area contributed by atoms with E-state index in [1.165, 1.54) is 22.5 Å². The lowest BCUT2D eigenvalue weighted by atomic mass is 10.0. The van der Waals surface area contributed by atoms with Gasteiger partial charge in [-0.25, -0.2) is 12.8 Å². The average Bonchev–Trinajstić information content (AvgIpc) is 2.85. The number of sulfonamides is 1. The Labute approximate surface area is 198 Å². The van der Waals surface area contributed by atoms with Crippen molar-refractivity contribution in [2.75, 3.05) is 25.0 Å². The zero-order valence-corrected chi connectivity index (χ0v) is 19.4. The number of aliphatic imine (C=N–C) groups is 1. The van der Waals surface area contributed by atoms with Crippen LogP contribution in [0.25, 0.3) is 0 Å². The van der Waals surface area contributed by atoms with Crippen molar-refractivity contribution in [2.24, 2.45) is 4.99 Å². The highest BCUT2D eigenvalue weighted by Crippen LogP contribution is 2.32. The van der Waals surface area contributed by atoms with E-state index in [9.17, 15) is 18.1 Å². The minimum atomic E-state index is -4.11. The molecule has 0 aliphatic carbocycles. The summed E-state index contributed by atoms with van der Waals surface area (Å²) in [5.41, 5.74) is 2.54. The third kappa shape index (κ3) is 4.78. The minimum absolute atomic E-state index is 0.0934. The van der Waals surface area contributed by atoms with E-state index in [-0.39, 0.29) is 24.5 Å². The quantitative estimate of drug-likeness (QED) is 0.347. The van der Waals surface area contributed by atoms with Crippen molar-refractivity contribution in [3.05, 3.63) is 95.8 Å². The van der Waals surface area contributed by atoms with Crippen LogP contribution in [-0.4, -0.2) is 43.2 Å². The first-order valence-corrected chi connectivity index (χ1v) is 12.2. The summed E-state index contributed by atoms with van der Waals surface area (Å²) in [6.45, 7) is 2.54. The first kappa shape index (κ1) is 23.4. The third-order valence-electron chi connectivity index (χ3n) is 5.79. The molecule has 0 saturated carbocycles. The van der Waals surface area contributed by atoms with Crippen LogP contribution in [0, 0.1) is 24.2 Å². The van der Waals surface area contributed by atoms with Gasteiger partial charge in [0.1, 0.15) is 10.7 Å². The van der Waals surface area contributed by atoms with Gasteiger partial charge in [0.2, 0.25) is 22.2 Å². The molecule has 1 aliphatic heterocycles. The van der Waals surface area contributed by atoms with Gasteiger partial charge in [-0.05, 0) is 36.2 Å². The maximum absolute atomic E-state index is 14.5. The lowest BCUT2D eigenvalue weighted by molar-refractivity contribution is 0.194. The van der Waals surface area contributed by atoms with Crippen LogP contribution in [0.1, 0.15) is 17.2 Å². The molecule has 7 nitrogen and oxygen atoms in total. The largest absolute Gasteiger partial charge is 0.339 e. The second kappa shape index (κ2) is 10.0. The molecule has 4 rings (SSSR count). The van der Waals surface area contributed by atoms with Crippen molar-refractivity contribution in [3.63, 3.8) is 0 Å². The van der Waals surface area contributed by atoms with E-state index in [1.54, 1.807) is 0 Å². The van der Waals surface area contributed by atoms with Crippen LogP contribution in [-0.2, 0) is 10.0 Å². The number of anilines is 1. The Morgan fingerprint density at radius 1 is 1.03 bits per heavy atom. The number of aryl methyl sites for hydroxylation is 1. The molecule has 1 unspecified atom stereocenters. The van der Waals surface area contributed by atoms with Gasteiger partial charge in [0.25, 0.3) is 0 Å². The standard InChI is InChI=1S/C25H24FN5O2S/c1-19-9-5-7-13-22(19)29-25(28-18-27)30-15-16-31(23(17-30)20-10-3-2-4-11-20)34(32,33)24-14-8-6-12-21(24)26/h2-14,23H,15-17H2,1H3,(H,28,29). The summed E-state index contributed by atoms with van der Waals surface area (Å²) >= 11 is 0. The van der Waals surface area contributed by atoms with Crippen LogP contribution in [0.3, 0.4) is 0 Å². The van der Waals surface area contributed by atoms with Crippen molar-refractivity contribution in [1.82, 2.24) is 9.21 Å². The molecule has 1 atom stereocenters. The number of guanidine groups is 1. The van der Waals surface area contributed by atoms with E-state index < -0.39 is 21.9 Å². The van der Waals surface area contributed by atoms with Crippen molar-refractivity contribution in [2.45, 2.75) is 17.9 Å². The second-order valence-corrected chi connectivity index (χ2v) is 9.75. The molecule has 9 heteroatoms. The maximum atomic E-state index is 14.5. The van der Waals surface area contributed by atoms with Gasteiger partial charge in [0.15, 0.2) is 0 Å². The Kier molecular flexibility index (Phi) is 6.91. The van der Waals surface area contributed by atoms with E-state index in [0.29, 0.717) is 5.96 Å². The van der Waals surface area contributed by atoms with Gasteiger partial charge in [-0.2, -0.15) is 9.57 Å². The number of benzene rings is 3. The first-order valence-electron chi connectivity index (χ1n) is 10.8. The Morgan fingerprint density at radius 3 is 2.41 bits per heavy atom. The zero-order valence-electron chi connectivity index (χ0n) is 18.6. The monoisotopic (exact) mass is 477 g/mol. The molecule has 1 N–H and O–H groups in total. The summed E-state index contributed by atoms with van der Waals surface area (Å²) in [6.07, 6.45) is 1.84. The predicted molar refractivity (Wildman–Crippen MR) is 129 cm³/mol. The number of halogens is 1. The van der Waals surface area contributed by atoms with Crippen molar-refractivity contribution in [1.29, 1.82) is 5.26 Å². The highest BCUT2D eigenvalue weighted by Gasteiger charge is 2.39. The Hall–Kier alpha value is -3.74. The molecule has 1 fully saturated rings. The van der Waals surface area contributed by atoms with E-state index >= 15 is 0 Å². The third-order valence-corrected chi connectivity index (χ3v) is 7.73. The summed E-state index contributed by atoms with van der Waals surface area (Å²) < 4.78 is 42.8. The lowest BCUT2D eigenvalue weighted by Gasteiger charge is -2.41. The van der Waals surface area contributed by atoms with E-state index in [0.717, 1.165) is 22.9 Å². The van der Waals surface area contributed by atoms with Crippen molar-refractivity contribution < 1.29 is 12.8 Å². The van der Waals surface area contributed by atoms with Gasteiger partial charge in [0.05, 0.1) is 6.04 Å². The summed E-state index contributed by atoms with van der Waals surface area (Å²) in [6, 6.07) is 21.6. The summed E-state index contributed by atoms with van der Waals surface area (Å²) in [5, 5.41) is 12.5. The van der Waals surface area contributed by atoms with Crippen LogP contribution in [0.15, 0.2) is 88.8 Å². The Bertz CT molecular complexity index is 1340. The van der Waals surface area contributed by atoms with E-state index in [1.807, 2.05) is 72.6 Å². The highest BCUT2D eigenvalue weighted by atomic mass is 32.2. The second-order valence-electron chi connectivity index (χ2n) is 7.89. The molecule has 34 heavy (non-hydrogen) atoms. The van der Waals surface area contributed by atoms with Crippen LogP contribution < -0.4 is 5.32 Å². The van der Waals surface area contributed by atoms with Gasteiger partial charge in [-0.1, -0.05) is 60.7 Å². The fourth-order valence-electron chi connectivity index (χ4n) is 4.03. The van der Waals surface area contributed by atoms with E-state index in [2.05, 4.69) is 10.3 Å². The fraction of sp³-hybridized carbons (Fsp3) is 0.200. The number of nitrogens with one attached hydrogen (secondary N) is 1. The normalized spacial score (nSPS) is 17.3. The molecule has 0 spiro atoms. The fourth-order valence-corrected chi connectivity index (χ4v) is 5.70. The molecule has 3 aromatic carbocycles. The van der Waals surface area contributed by atoms with E-state index in [4.69, 9.17) is 0 Å². The topological polar surface area (TPSA) is 88.8 Å². The van der Waals surface area contributed by atoms with Gasteiger partial charge in [-0.15, -0.1) is 4.99 Å². The molecular weight excluding hydrogens is 453 g/mol. The maximum Gasteiger partial charge on any atom is 0.246 e. The molecule has 0 bridgehead atoms. The molecule has 1 heterocycles. The lowest BCUT2D eigenvalue weighted by Crippen LogP contribution is -2.53. The summed E-state index contributed by atoms with van der Waals surface area (Å²) in [7, 11) is -4.11. The molecule has 3 aromatic rings. The molecule has 0 amide bonds. The summed E-state index contributed by atoms with van der Waals surface area (Å²) in [5.74, 6) is -0.453. The number of piperazine rings is 1. The van der Waals surface area contributed by atoms with Crippen molar-refractivity contribution in [3.8, 4) is 6.19 Å². The number of rotatable bonds is 4. The number of hydrogen-bond acceptors (Lipinski definition) is 4. The predicted octanol–water partition coefficient (Wildman–Crippen LogP) is 4.13. The molecule has 174 valence electrons. The minimum Gasteiger partial charge on any atom is -0.339 e. The molecule has 0 radical (unpaired) electrons. The highest BCUT2D eigenvalue weighted by molar-refractivity contribution is 7.89. The van der Waals surface area contributed by atoms with Crippen LogP contribution in [0.4, 0.5) is 10.1 Å². The van der Waals surface area contributed by atoms with Crippen molar-refractivity contribution >= 4 is 21.7 Å². The van der Waals surface area contributed by atoms with Gasteiger partial charge < -0.3 is 10.2 Å². The number of hydrogen-bond donors (Lipinski definition) is 1. The van der Waals surface area contributed by atoms with Crippen LogP contribution in [0.5, 0.6) is 0 Å².